The molecular weight excluding hydrogens is 148 g/mol. The van der Waals surface area contributed by atoms with Crippen molar-refractivity contribution in [2.45, 2.75) is 31.6 Å². The second kappa shape index (κ2) is 5.74. The first-order valence-electron chi connectivity index (χ1n) is 3.41. The molecule has 0 aromatic heterocycles. The second-order valence-corrected chi connectivity index (χ2v) is 3.76. The highest BCUT2D eigenvalue weighted by atomic mass is 32.2. The van der Waals surface area contributed by atoms with Crippen molar-refractivity contribution < 1.29 is 9.90 Å². The summed E-state index contributed by atoms with van der Waals surface area (Å²) in [6, 6.07) is 0. The Labute approximate surface area is 66.0 Å². The maximum atomic E-state index is 9.88. The van der Waals surface area contributed by atoms with Crippen molar-refractivity contribution in [3.8, 4) is 0 Å². The largest absolute Gasteiger partial charge is 0.392 e. The van der Waals surface area contributed by atoms with E-state index >= 15 is 0 Å². The molecule has 0 amide bonds. The lowest BCUT2D eigenvalue weighted by atomic mass is 10.3. The van der Waals surface area contributed by atoms with Gasteiger partial charge in [-0.1, -0.05) is 6.92 Å². The summed E-state index contributed by atoms with van der Waals surface area (Å²) in [5.74, 6) is 0.815. The molecule has 3 heteroatoms. The molecule has 0 aliphatic rings. The predicted octanol–water partition coefficient (Wildman–Crippen LogP) is 1.08. The summed E-state index contributed by atoms with van der Waals surface area (Å²) in [6.45, 7) is 3.72. The highest BCUT2D eigenvalue weighted by Gasteiger charge is 2.07. The van der Waals surface area contributed by atoms with Gasteiger partial charge in [0.25, 0.3) is 0 Å². The maximum absolute atomic E-state index is 9.88. The maximum Gasteiger partial charge on any atom is 0.120 e. The van der Waals surface area contributed by atoms with Crippen LogP contribution in [-0.4, -0.2) is 28.5 Å². The molecule has 0 rings (SSSR count). The Hall–Kier alpha value is -0.0200. The highest BCUT2D eigenvalue weighted by molar-refractivity contribution is 7.99. The molecule has 0 heterocycles. The van der Waals surface area contributed by atoms with Gasteiger partial charge in [-0.05, 0) is 6.92 Å². The van der Waals surface area contributed by atoms with Gasteiger partial charge < -0.3 is 9.90 Å². The second-order valence-electron chi connectivity index (χ2n) is 2.27. The summed E-state index contributed by atoms with van der Waals surface area (Å²) >= 11 is 1.63. The van der Waals surface area contributed by atoms with Crippen LogP contribution in [0.1, 0.15) is 20.3 Å². The summed E-state index contributed by atoms with van der Waals surface area (Å²) in [5.41, 5.74) is 0. The first-order valence-corrected chi connectivity index (χ1v) is 4.46. The van der Waals surface area contributed by atoms with Crippen molar-refractivity contribution in [1.82, 2.24) is 0 Å². The number of hydrogen-bond donors (Lipinski definition) is 1. The molecule has 0 radical (unpaired) electrons. The first kappa shape index (κ1) is 9.98. The fraction of sp³-hybridized carbons (Fsp3) is 0.857. The van der Waals surface area contributed by atoms with Crippen LogP contribution in [0.15, 0.2) is 0 Å². The minimum atomic E-state index is -0.281. The van der Waals surface area contributed by atoms with Gasteiger partial charge >= 0.3 is 0 Å². The fourth-order valence-electron chi connectivity index (χ4n) is 0.441. The number of aldehydes is 1. The van der Waals surface area contributed by atoms with Gasteiger partial charge in [-0.25, -0.2) is 0 Å². The van der Waals surface area contributed by atoms with Crippen molar-refractivity contribution in [3.05, 3.63) is 0 Å². The molecule has 60 valence electrons. The number of hydrogen-bond acceptors (Lipinski definition) is 3. The van der Waals surface area contributed by atoms with Crippen LogP contribution in [0.3, 0.4) is 0 Å². The number of aliphatic hydroxyl groups excluding tert-OH is 1. The van der Waals surface area contributed by atoms with E-state index in [1.54, 1.807) is 18.7 Å². The molecule has 0 aliphatic heterocycles. The molecule has 0 aromatic rings. The highest BCUT2D eigenvalue weighted by Crippen LogP contribution is 2.13. The summed E-state index contributed by atoms with van der Waals surface area (Å²) in [5, 5.41) is 9.25. The van der Waals surface area contributed by atoms with Crippen LogP contribution in [0, 0.1) is 0 Å². The van der Waals surface area contributed by atoms with E-state index in [1.807, 2.05) is 6.92 Å². The van der Waals surface area contributed by atoms with Crippen LogP contribution in [0.5, 0.6) is 0 Å². The van der Waals surface area contributed by atoms with Crippen molar-refractivity contribution in [2.75, 3.05) is 5.75 Å². The Morgan fingerprint density at radius 1 is 1.60 bits per heavy atom. The van der Waals surface area contributed by atoms with Crippen LogP contribution in [0.4, 0.5) is 0 Å². The van der Waals surface area contributed by atoms with Gasteiger partial charge in [0.1, 0.15) is 6.29 Å². The summed E-state index contributed by atoms with van der Waals surface area (Å²) in [7, 11) is 0. The van der Waals surface area contributed by atoms with Gasteiger partial charge in [-0.2, -0.15) is 11.8 Å². The summed E-state index contributed by atoms with van der Waals surface area (Å²) in [6.07, 6.45) is 1.21. The van der Waals surface area contributed by atoms with E-state index in [0.29, 0.717) is 6.42 Å². The molecule has 0 fully saturated rings. The molecule has 0 saturated carbocycles. The lowest BCUT2D eigenvalue weighted by molar-refractivity contribution is -0.107. The van der Waals surface area contributed by atoms with Crippen molar-refractivity contribution in [2.24, 2.45) is 0 Å². The minimum Gasteiger partial charge on any atom is -0.392 e. The normalized spacial score (nSPS) is 16.3. The van der Waals surface area contributed by atoms with Crippen LogP contribution in [-0.2, 0) is 4.79 Å². The van der Waals surface area contributed by atoms with Crippen LogP contribution in [0.2, 0.25) is 0 Å². The van der Waals surface area contributed by atoms with E-state index in [-0.39, 0.29) is 11.4 Å². The number of thioether (sulfide) groups is 1. The Morgan fingerprint density at radius 2 is 2.20 bits per heavy atom. The minimum absolute atomic E-state index is 0.236. The number of carbonyl (C=O) groups excluding carboxylic acids is 1. The van der Waals surface area contributed by atoms with Gasteiger partial charge in [0, 0.05) is 17.4 Å². The van der Waals surface area contributed by atoms with Gasteiger partial charge in [-0.3, -0.25) is 0 Å². The van der Waals surface area contributed by atoms with E-state index in [0.717, 1.165) is 12.0 Å². The van der Waals surface area contributed by atoms with Gasteiger partial charge in [0.05, 0.1) is 6.10 Å². The van der Waals surface area contributed by atoms with Crippen molar-refractivity contribution >= 4 is 18.0 Å². The number of aliphatic hydroxyl groups is 1. The number of rotatable bonds is 5. The smallest absolute Gasteiger partial charge is 0.120 e. The Balaban J connectivity index is 3.21. The molecule has 1 N–H and O–H groups in total. The third kappa shape index (κ3) is 4.82. The van der Waals surface area contributed by atoms with E-state index < -0.39 is 0 Å². The molecule has 2 nitrogen and oxygen atoms in total. The van der Waals surface area contributed by atoms with Crippen LogP contribution < -0.4 is 0 Å². The van der Waals surface area contributed by atoms with Crippen LogP contribution in [0.25, 0.3) is 0 Å². The van der Waals surface area contributed by atoms with Gasteiger partial charge in [0.2, 0.25) is 0 Å². The molecular formula is C7H14O2S. The molecule has 0 aliphatic carbocycles. The zero-order valence-corrected chi connectivity index (χ0v) is 7.23. The topological polar surface area (TPSA) is 37.3 Å². The third-order valence-corrected chi connectivity index (χ3v) is 2.69. The lowest BCUT2D eigenvalue weighted by Crippen LogP contribution is -2.15. The van der Waals surface area contributed by atoms with Crippen molar-refractivity contribution in [3.63, 3.8) is 0 Å². The standard InChI is InChI=1S/C7H14O2S/c1-6(9)7(2)10-5-3-4-8/h4,6-7,9H,3,5H2,1-2H3. The average Bonchev–Trinajstić information content (AvgIpc) is 1.88. The van der Waals surface area contributed by atoms with E-state index in [9.17, 15) is 4.79 Å². The van der Waals surface area contributed by atoms with Gasteiger partial charge in [0.15, 0.2) is 0 Å². The van der Waals surface area contributed by atoms with E-state index in [2.05, 4.69) is 0 Å². The predicted molar refractivity (Wildman–Crippen MR) is 44.3 cm³/mol. The SMILES string of the molecule is CC(O)C(C)SCCC=O. The van der Waals surface area contributed by atoms with E-state index in [4.69, 9.17) is 5.11 Å². The molecule has 0 saturated heterocycles. The molecule has 0 bridgehead atoms. The van der Waals surface area contributed by atoms with E-state index in [1.165, 1.54) is 0 Å². The molecule has 0 spiro atoms. The molecule has 2 atom stereocenters. The van der Waals surface area contributed by atoms with Crippen LogP contribution >= 0.6 is 11.8 Å². The Kier molecular flexibility index (Phi) is 5.73. The van der Waals surface area contributed by atoms with Crippen molar-refractivity contribution in [1.29, 1.82) is 0 Å². The zero-order valence-electron chi connectivity index (χ0n) is 6.41. The molecule has 0 aromatic carbocycles. The quantitative estimate of drug-likeness (QED) is 0.485. The Bertz CT molecular complexity index is 93.6. The van der Waals surface area contributed by atoms with Gasteiger partial charge in [-0.15, -0.1) is 0 Å². The third-order valence-electron chi connectivity index (χ3n) is 1.30. The summed E-state index contributed by atoms with van der Waals surface area (Å²) in [4.78, 5) is 9.88. The molecule has 10 heavy (non-hydrogen) atoms. The zero-order chi connectivity index (χ0) is 7.98. The molecule has 2 unspecified atom stereocenters. The number of carbonyl (C=O) groups is 1. The Morgan fingerprint density at radius 3 is 2.60 bits per heavy atom. The fourth-order valence-corrected chi connectivity index (χ4v) is 1.32. The monoisotopic (exact) mass is 162 g/mol. The lowest BCUT2D eigenvalue weighted by Gasteiger charge is -2.12. The summed E-state index contributed by atoms with van der Waals surface area (Å²) < 4.78 is 0. The first-order chi connectivity index (χ1) is 4.68. The average molecular weight is 162 g/mol.